The highest BCUT2D eigenvalue weighted by Crippen LogP contribution is 2.35. The molecule has 4 nitrogen and oxygen atoms in total. The SMILES string of the molecule is COC(C1CCCCC1)C(O)c1cnccc1N. The lowest BCUT2D eigenvalue weighted by Gasteiger charge is -2.32. The summed E-state index contributed by atoms with van der Waals surface area (Å²) in [6.45, 7) is 0. The molecule has 2 atom stereocenters. The van der Waals surface area contributed by atoms with Gasteiger partial charge >= 0.3 is 0 Å². The topological polar surface area (TPSA) is 68.4 Å². The molecule has 0 amide bonds. The van der Waals surface area contributed by atoms with Crippen molar-refractivity contribution in [2.75, 3.05) is 12.8 Å². The van der Waals surface area contributed by atoms with Crippen LogP contribution in [-0.2, 0) is 4.74 Å². The summed E-state index contributed by atoms with van der Waals surface area (Å²) in [5.41, 5.74) is 7.14. The number of nitrogen functional groups attached to an aromatic ring is 1. The van der Waals surface area contributed by atoms with Crippen LogP contribution in [0.1, 0.15) is 43.8 Å². The summed E-state index contributed by atoms with van der Waals surface area (Å²) in [7, 11) is 1.66. The highest BCUT2D eigenvalue weighted by atomic mass is 16.5. The number of nitrogens with zero attached hydrogens (tertiary/aromatic N) is 1. The van der Waals surface area contributed by atoms with E-state index >= 15 is 0 Å². The number of aliphatic hydroxyl groups is 1. The number of hydrogen-bond donors (Lipinski definition) is 2. The maximum atomic E-state index is 10.5. The minimum atomic E-state index is -0.688. The molecular formula is C14H22N2O2. The van der Waals surface area contributed by atoms with Gasteiger partial charge in [-0.15, -0.1) is 0 Å². The molecule has 18 heavy (non-hydrogen) atoms. The summed E-state index contributed by atoms with van der Waals surface area (Å²) in [4.78, 5) is 4.03. The second-order valence-electron chi connectivity index (χ2n) is 5.05. The molecule has 0 aliphatic heterocycles. The Labute approximate surface area is 108 Å². The van der Waals surface area contributed by atoms with Gasteiger partial charge in [-0.25, -0.2) is 0 Å². The summed E-state index contributed by atoms with van der Waals surface area (Å²) in [5.74, 6) is 0.415. The van der Waals surface area contributed by atoms with Crippen molar-refractivity contribution in [1.82, 2.24) is 4.98 Å². The molecule has 1 aliphatic rings. The zero-order valence-electron chi connectivity index (χ0n) is 10.9. The number of ether oxygens (including phenoxy) is 1. The third-order valence-corrected chi connectivity index (χ3v) is 3.90. The quantitative estimate of drug-likeness (QED) is 0.860. The van der Waals surface area contributed by atoms with Crippen LogP contribution in [0.15, 0.2) is 18.5 Å². The van der Waals surface area contributed by atoms with E-state index in [0.29, 0.717) is 17.2 Å². The second-order valence-corrected chi connectivity index (χ2v) is 5.05. The first-order chi connectivity index (χ1) is 8.74. The monoisotopic (exact) mass is 250 g/mol. The third-order valence-electron chi connectivity index (χ3n) is 3.90. The van der Waals surface area contributed by atoms with E-state index in [4.69, 9.17) is 10.5 Å². The predicted molar refractivity (Wildman–Crippen MR) is 71.0 cm³/mol. The number of nitrogens with two attached hydrogens (primary N) is 1. The summed E-state index contributed by atoms with van der Waals surface area (Å²) >= 11 is 0. The van der Waals surface area contributed by atoms with Crippen LogP contribution < -0.4 is 5.73 Å². The summed E-state index contributed by atoms with van der Waals surface area (Å²) < 4.78 is 5.53. The molecule has 1 aromatic heterocycles. The number of hydrogen-bond acceptors (Lipinski definition) is 4. The van der Waals surface area contributed by atoms with Crippen molar-refractivity contribution in [3.63, 3.8) is 0 Å². The van der Waals surface area contributed by atoms with E-state index in [9.17, 15) is 5.11 Å². The van der Waals surface area contributed by atoms with Crippen LogP contribution in [0.25, 0.3) is 0 Å². The molecule has 0 aromatic carbocycles. The molecule has 1 aliphatic carbocycles. The standard InChI is InChI=1S/C14H22N2O2/c1-18-14(10-5-3-2-4-6-10)13(17)11-9-16-8-7-12(11)15/h7-10,13-14,17H,2-6H2,1H3,(H2,15,16). The lowest BCUT2D eigenvalue weighted by molar-refractivity contribution is -0.0557. The molecule has 1 heterocycles. The van der Waals surface area contributed by atoms with Gasteiger partial charge in [-0.1, -0.05) is 19.3 Å². The van der Waals surface area contributed by atoms with Crippen molar-refractivity contribution in [2.24, 2.45) is 5.92 Å². The summed E-state index contributed by atoms with van der Waals surface area (Å²) in [6, 6.07) is 1.71. The van der Waals surface area contributed by atoms with Crippen molar-refractivity contribution < 1.29 is 9.84 Å². The van der Waals surface area contributed by atoms with E-state index in [1.54, 1.807) is 25.6 Å². The van der Waals surface area contributed by atoms with Gasteiger partial charge in [-0.3, -0.25) is 4.98 Å². The predicted octanol–water partition coefficient (Wildman–Crippen LogP) is 2.29. The third kappa shape index (κ3) is 2.82. The second kappa shape index (κ2) is 6.16. The molecule has 100 valence electrons. The van der Waals surface area contributed by atoms with Crippen LogP contribution in [0.5, 0.6) is 0 Å². The molecule has 1 saturated carbocycles. The molecule has 3 N–H and O–H groups in total. The molecule has 0 spiro atoms. The zero-order valence-corrected chi connectivity index (χ0v) is 10.9. The number of aliphatic hydroxyl groups excluding tert-OH is 1. The average molecular weight is 250 g/mol. The molecule has 2 rings (SSSR count). The Morgan fingerprint density at radius 2 is 2.11 bits per heavy atom. The van der Waals surface area contributed by atoms with Gasteiger partial charge in [0.25, 0.3) is 0 Å². The van der Waals surface area contributed by atoms with Crippen LogP contribution in [0, 0.1) is 5.92 Å². The van der Waals surface area contributed by atoms with Crippen LogP contribution >= 0.6 is 0 Å². The molecular weight excluding hydrogens is 228 g/mol. The zero-order chi connectivity index (χ0) is 13.0. The van der Waals surface area contributed by atoms with E-state index < -0.39 is 6.10 Å². The van der Waals surface area contributed by atoms with Gasteiger partial charge in [0.05, 0.1) is 6.10 Å². The molecule has 4 heteroatoms. The lowest BCUT2D eigenvalue weighted by Crippen LogP contribution is -2.31. The van der Waals surface area contributed by atoms with Gasteiger partial charge in [0.2, 0.25) is 0 Å². The fourth-order valence-corrected chi connectivity index (χ4v) is 2.88. The Morgan fingerprint density at radius 1 is 1.39 bits per heavy atom. The smallest absolute Gasteiger partial charge is 0.109 e. The average Bonchev–Trinajstić information content (AvgIpc) is 2.41. The largest absolute Gasteiger partial charge is 0.398 e. The maximum absolute atomic E-state index is 10.5. The van der Waals surface area contributed by atoms with Crippen molar-refractivity contribution in [3.8, 4) is 0 Å². The fraction of sp³-hybridized carbons (Fsp3) is 0.643. The highest BCUT2D eigenvalue weighted by Gasteiger charge is 2.31. The minimum Gasteiger partial charge on any atom is -0.398 e. The molecule has 1 fully saturated rings. The first-order valence-corrected chi connectivity index (χ1v) is 6.64. The number of anilines is 1. The van der Waals surface area contributed by atoms with Gasteiger partial charge in [-0.2, -0.15) is 0 Å². The summed E-state index contributed by atoms with van der Waals surface area (Å²) in [6.07, 6.45) is 8.37. The normalized spacial score (nSPS) is 20.6. The van der Waals surface area contributed by atoms with Gasteiger partial charge < -0.3 is 15.6 Å². The van der Waals surface area contributed by atoms with Crippen molar-refractivity contribution in [2.45, 2.75) is 44.3 Å². The number of rotatable bonds is 4. The minimum absolute atomic E-state index is 0.184. The Bertz CT molecular complexity index is 378. The van der Waals surface area contributed by atoms with Crippen molar-refractivity contribution in [1.29, 1.82) is 0 Å². The number of pyridine rings is 1. The molecule has 0 bridgehead atoms. The molecule has 0 radical (unpaired) electrons. The first kappa shape index (κ1) is 13.3. The van der Waals surface area contributed by atoms with Crippen molar-refractivity contribution >= 4 is 5.69 Å². The van der Waals surface area contributed by atoms with E-state index in [1.165, 1.54) is 19.3 Å². The van der Waals surface area contributed by atoms with E-state index in [-0.39, 0.29) is 6.10 Å². The maximum Gasteiger partial charge on any atom is 0.109 e. The van der Waals surface area contributed by atoms with Crippen LogP contribution in [0.4, 0.5) is 5.69 Å². The Morgan fingerprint density at radius 3 is 2.72 bits per heavy atom. The number of aromatic nitrogens is 1. The van der Waals surface area contributed by atoms with Crippen LogP contribution in [0.3, 0.4) is 0 Å². The Balaban J connectivity index is 2.14. The Kier molecular flexibility index (Phi) is 4.55. The fourth-order valence-electron chi connectivity index (χ4n) is 2.88. The highest BCUT2D eigenvalue weighted by molar-refractivity contribution is 5.46. The van der Waals surface area contributed by atoms with Gasteiger partial charge in [0.15, 0.2) is 0 Å². The molecule has 2 unspecified atom stereocenters. The van der Waals surface area contributed by atoms with Crippen molar-refractivity contribution in [3.05, 3.63) is 24.0 Å². The number of methoxy groups -OCH3 is 1. The van der Waals surface area contributed by atoms with E-state index in [0.717, 1.165) is 12.8 Å². The summed E-state index contributed by atoms with van der Waals surface area (Å²) in [5, 5.41) is 10.5. The lowest BCUT2D eigenvalue weighted by atomic mass is 9.82. The molecule has 0 saturated heterocycles. The van der Waals surface area contributed by atoms with E-state index in [2.05, 4.69) is 4.98 Å². The van der Waals surface area contributed by atoms with Gasteiger partial charge in [0.1, 0.15) is 6.10 Å². The Hall–Kier alpha value is -1.13. The van der Waals surface area contributed by atoms with Gasteiger partial charge in [0, 0.05) is 30.8 Å². The first-order valence-electron chi connectivity index (χ1n) is 6.64. The van der Waals surface area contributed by atoms with Crippen LogP contribution in [-0.4, -0.2) is 23.3 Å². The van der Waals surface area contributed by atoms with Gasteiger partial charge in [-0.05, 0) is 24.8 Å². The van der Waals surface area contributed by atoms with E-state index in [1.807, 2.05) is 0 Å². The molecule has 1 aromatic rings. The van der Waals surface area contributed by atoms with Crippen LogP contribution in [0.2, 0.25) is 0 Å².